The highest BCUT2D eigenvalue weighted by Crippen LogP contribution is 2.14. The molecule has 0 aliphatic heterocycles. The number of nitrogens with one attached hydrogen (secondary N) is 1. The molecule has 0 aromatic rings. The maximum Gasteiger partial charge on any atom is 0.306 e. The number of ether oxygens (including phenoxy) is 1. The largest absolute Gasteiger partial charge is 0.458 e. The average molecular weight is 794 g/mol. The number of carbonyl (C=O) groups excluding carboxylic acids is 2. The molecule has 0 aliphatic rings. The highest BCUT2D eigenvalue weighted by atomic mass is 16.5. The second-order valence-electron chi connectivity index (χ2n) is 15.4. The summed E-state index contributed by atoms with van der Waals surface area (Å²) in [5.74, 6) is -0.717. The Labute approximate surface area is 351 Å². The van der Waals surface area contributed by atoms with Crippen LogP contribution in [0.5, 0.6) is 0 Å². The Bertz CT molecular complexity index is 1120. The molecule has 3 N–H and O–H groups in total. The summed E-state index contributed by atoms with van der Waals surface area (Å²) in [6, 6.07) is -0.754. The molecule has 6 nitrogen and oxygen atoms in total. The zero-order chi connectivity index (χ0) is 41.7. The topological polar surface area (TPSA) is 95.9 Å². The number of aliphatic hydroxyl groups excluding tert-OH is 2. The van der Waals surface area contributed by atoms with Crippen LogP contribution in [0.3, 0.4) is 0 Å². The Kier molecular flexibility index (Phi) is 41.9. The van der Waals surface area contributed by atoms with E-state index in [0.29, 0.717) is 19.3 Å². The highest BCUT2D eigenvalue weighted by Gasteiger charge is 2.23. The molecular weight excluding hydrogens is 707 g/mol. The molecular formula is C51H87NO5. The summed E-state index contributed by atoms with van der Waals surface area (Å²) in [6.07, 6.45) is 56.8. The van der Waals surface area contributed by atoms with Crippen molar-refractivity contribution in [3.05, 3.63) is 85.1 Å². The molecule has 0 heterocycles. The number of unbranched alkanes of at least 4 members (excludes halogenated alkanes) is 16. The van der Waals surface area contributed by atoms with Gasteiger partial charge >= 0.3 is 5.97 Å². The first kappa shape index (κ1) is 54.0. The van der Waals surface area contributed by atoms with Crippen molar-refractivity contribution in [3.8, 4) is 0 Å². The number of aliphatic hydroxyl groups is 2. The van der Waals surface area contributed by atoms with Gasteiger partial charge in [0.25, 0.3) is 0 Å². The van der Waals surface area contributed by atoms with Gasteiger partial charge in [0.05, 0.1) is 25.2 Å². The fourth-order valence-corrected chi connectivity index (χ4v) is 6.44. The van der Waals surface area contributed by atoms with Gasteiger partial charge in [0, 0.05) is 6.42 Å². The minimum absolute atomic E-state index is 0.0721. The second kappa shape index (κ2) is 44.1. The van der Waals surface area contributed by atoms with E-state index in [4.69, 9.17) is 4.74 Å². The smallest absolute Gasteiger partial charge is 0.306 e. The number of hydrogen-bond acceptors (Lipinski definition) is 5. The van der Waals surface area contributed by atoms with Gasteiger partial charge in [-0.2, -0.15) is 0 Å². The Hall–Kier alpha value is -2.96. The van der Waals surface area contributed by atoms with Crippen molar-refractivity contribution in [2.24, 2.45) is 0 Å². The Morgan fingerprint density at radius 3 is 1.49 bits per heavy atom. The lowest BCUT2D eigenvalue weighted by molar-refractivity contribution is -0.148. The van der Waals surface area contributed by atoms with Gasteiger partial charge in [0.15, 0.2) is 0 Å². The lowest BCUT2D eigenvalue weighted by Gasteiger charge is -2.23. The molecule has 326 valence electrons. The zero-order valence-corrected chi connectivity index (χ0v) is 36.9. The maximum atomic E-state index is 13.1. The van der Waals surface area contributed by atoms with Crippen LogP contribution in [0.15, 0.2) is 85.1 Å². The number of amides is 1. The summed E-state index contributed by atoms with van der Waals surface area (Å²) in [4.78, 5) is 25.9. The van der Waals surface area contributed by atoms with Crippen LogP contribution < -0.4 is 5.32 Å². The summed E-state index contributed by atoms with van der Waals surface area (Å²) in [5, 5.41) is 23.6. The molecule has 0 spiro atoms. The van der Waals surface area contributed by atoms with Crippen LogP contribution in [0.25, 0.3) is 0 Å². The van der Waals surface area contributed by atoms with Crippen LogP contribution in [0.1, 0.15) is 201 Å². The van der Waals surface area contributed by atoms with E-state index in [2.05, 4.69) is 92.9 Å². The molecule has 0 saturated heterocycles. The van der Waals surface area contributed by atoms with E-state index in [1.807, 2.05) is 12.2 Å². The monoisotopic (exact) mass is 794 g/mol. The minimum atomic E-state index is -0.829. The quantitative estimate of drug-likeness (QED) is 0.0326. The van der Waals surface area contributed by atoms with Crippen molar-refractivity contribution in [3.63, 3.8) is 0 Å². The molecule has 0 bridgehead atoms. The summed E-state index contributed by atoms with van der Waals surface area (Å²) in [7, 11) is 0. The number of rotatable bonds is 40. The van der Waals surface area contributed by atoms with Crippen LogP contribution in [-0.4, -0.2) is 46.9 Å². The van der Waals surface area contributed by atoms with Crippen LogP contribution in [0.2, 0.25) is 0 Å². The molecule has 0 rings (SSSR count). The second-order valence-corrected chi connectivity index (χ2v) is 15.4. The first-order chi connectivity index (χ1) is 28.0. The fourth-order valence-electron chi connectivity index (χ4n) is 6.44. The van der Waals surface area contributed by atoms with Gasteiger partial charge in [-0.25, -0.2) is 0 Å². The Morgan fingerprint density at radius 2 is 0.982 bits per heavy atom. The van der Waals surface area contributed by atoms with Gasteiger partial charge in [-0.1, -0.05) is 202 Å². The van der Waals surface area contributed by atoms with Gasteiger partial charge in [0.1, 0.15) is 6.10 Å². The summed E-state index contributed by atoms with van der Waals surface area (Å²) in [6.45, 7) is 6.28. The van der Waals surface area contributed by atoms with Crippen molar-refractivity contribution >= 4 is 11.9 Å². The van der Waals surface area contributed by atoms with Gasteiger partial charge in [0.2, 0.25) is 5.91 Å². The third kappa shape index (κ3) is 39.6. The SMILES string of the molecule is CC/C=C/C/C=C/C/C=C/C/C=C/C/C=C/C(CC(=O)NC(CO)C(O)CCCCCCCCCCCCC)OC(=O)CC/C=C/C/C=C\CCCCCCCC. The number of hydrogen-bond donors (Lipinski definition) is 3. The molecule has 1 amide bonds. The van der Waals surface area contributed by atoms with Crippen LogP contribution >= 0.6 is 0 Å². The van der Waals surface area contributed by atoms with Crippen molar-refractivity contribution in [1.82, 2.24) is 5.32 Å². The van der Waals surface area contributed by atoms with Gasteiger partial charge in [-0.15, -0.1) is 0 Å². The van der Waals surface area contributed by atoms with E-state index in [0.717, 1.165) is 57.8 Å². The summed E-state index contributed by atoms with van der Waals surface area (Å²) < 4.78 is 5.76. The van der Waals surface area contributed by atoms with Crippen LogP contribution in [0.4, 0.5) is 0 Å². The lowest BCUT2D eigenvalue weighted by atomic mass is 10.0. The zero-order valence-electron chi connectivity index (χ0n) is 36.9. The van der Waals surface area contributed by atoms with Crippen molar-refractivity contribution in [2.75, 3.05) is 6.61 Å². The predicted molar refractivity (Wildman–Crippen MR) is 245 cm³/mol. The molecule has 6 heteroatoms. The fraction of sp³-hybridized carbons (Fsp3) is 0.686. The average Bonchev–Trinajstić information content (AvgIpc) is 3.20. The first-order valence-corrected chi connectivity index (χ1v) is 23.3. The van der Waals surface area contributed by atoms with E-state index < -0.39 is 18.2 Å². The molecule has 3 unspecified atom stereocenters. The summed E-state index contributed by atoms with van der Waals surface area (Å²) >= 11 is 0. The van der Waals surface area contributed by atoms with E-state index in [9.17, 15) is 19.8 Å². The predicted octanol–water partition coefficient (Wildman–Crippen LogP) is 13.6. The number of esters is 1. The third-order valence-corrected chi connectivity index (χ3v) is 9.97. The highest BCUT2D eigenvalue weighted by molar-refractivity contribution is 5.78. The van der Waals surface area contributed by atoms with Gasteiger partial charge in [-0.3, -0.25) is 9.59 Å². The number of carbonyl (C=O) groups is 2. The van der Waals surface area contributed by atoms with Gasteiger partial charge in [-0.05, 0) is 70.3 Å². The molecule has 57 heavy (non-hydrogen) atoms. The standard InChI is InChI=1S/C51H87NO5/c1-4-7-10-13-16-19-22-24-26-28-30-33-36-39-42-47(57-51(56)44-41-38-35-32-29-25-23-20-17-14-11-8-5-2)45-50(55)52-48(46-53)49(54)43-40-37-34-31-27-21-18-15-12-9-6-3/h7,10,16,19,24-26,29-30,33,35,38-39,42,47-49,53-54H,4-6,8-9,11-15,17-18,20-23,27-28,31-32,34,36-37,40-41,43-46H2,1-3H3,(H,52,55)/b10-7+,19-16+,26-24+,29-25-,33-30+,38-35+,42-39+. The van der Waals surface area contributed by atoms with Crippen LogP contribution in [0, 0.1) is 0 Å². The molecule has 0 aliphatic carbocycles. The number of allylic oxidation sites excluding steroid dienone is 13. The van der Waals surface area contributed by atoms with Crippen molar-refractivity contribution in [1.29, 1.82) is 0 Å². The molecule has 0 aromatic heterocycles. The van der Waals surface area contributed by atoms with E-state index >= 15 is 0 Å². The minimum Gasteiger partial charge on any atom is -0.458 e. The van der Waals surface area contributed by atoms with Crippen molar-refractivity contribution in [2.45, 2.75) is 219 Å². The van der Waals surface area contributed by atoms with Crippen LogP contribution in [-0.2, 0) is 14.3 Å². The van der Waals surface area contributed by atoms with Crippen molar-refractivity contribution < 1.29 is 24.5 Å². The molecule has 0 saturated carbocycles. The molecule has 0 aromatic carbocycles. The lowest BCUT2D eigenvalue weighted by Crippen LogP contribution is -2.46. The van der Waals surface area contributed by atoms with E-state index in [1.54, 1.807) is 6.08 Å². The first-order valence-electron chi connectivity index (χ1n) is 23.3. The van der Waals surface area contributed by atoms with E-state index in [1.165, 1.54) is 89.9 Å². The van der Waals surface area contributed by atoms with E-state index in [-0.39, 0.29) is 31.3 Å². The summed E-state index contributed by atoms with van der Waals surface area (Å²) in [5.41, 5.74) is 0. The van der Waals surface area contributed by atoms with Gasteiger partial charge < -0.3 is 20.3 Å². The molecule has 0 fully saturated rings. The Balaban J connectivity index is 4.87. The molecule has 3 atom stereocenters. The molecule has 0 radical (unpaired) electrons. The Morgan fingerprint density at radius 1 is 0.544 bits per heavy atom. The third-order valence-electron chi connectivity index (χ3n) is 9.97. The normalized spacial score (nSPS) is 14.1. The maximum absolute atomic E-state index is 13.1.